The number of halogens is 1. The quantitative estimate of drug-likeness (QED) is 0.681. The fourth-order valence-electron chi connectivity index (χ4n) is 2.74. The number of benzene rings is 1. The summed E-state index contributed by atoms with van der Waals surface area (Å²) in [6.07, 6.45) is 4.51. The van der Waals surface area contributed by atoms with E-state index in [-0.39, 0.29) is 0 Å². The number of rotatable bonds is 4. The summed E-state index contributed by atoms with van der Waals surface area (Å²) in [6.45, 7) is 7.33. The normalized spacial score (nSPS) is 11.1. The Morgan fingerprint density at radius 1 is 1.18 bits per heavy atom. The molecule has 1 aromatic carbocycles. The number of aromatic nitrogens is 3. The second-order valence-corrected chi connectivity index (χ2v) is 7.12. The van der Waals surface area contributed by atoms with Gasteiger partial charge in [0.2, 0.25) is 0 Å². The van der Waals surface area contributed by atoms with Gasteiger partial charge in [0, 0.05) is 14.8 Å². The summed E-state index contributed by atoms with van der Waals surface area (Å²) in [5, 5.41) is 8.52. The van der Waals surface area contributed by atoms with Crippen LogP contribution in [0.5, 0.6) is 0 Å². The van der Waals surface area contributed by atoms with Crippen LogP contribution in [0.15, 0.2) is 30.9 Å². The van der Waals surface area contributed by atoms with Gasteiger partial charge >= 0.3 is 0 Å². The Hall–Kier alpha value is -1.65. The Kier molecular flexibility index (Phi) is 4.32. The number of hydrogen-bond donors (Lipinski definition) is 0. The van der Waals surface area contributed by atoms with Crippen molar-refractivity contribution in [2.24, 2.45) is 0 Å². The molecule has 0 bridgehead atoms. The highest BCUT2D eigenvalue weighted by atomic mass is 35.5. The molecule has 0 saturated heterocycles. The number of aryl methyl sites for hydroxylation is 2. The zero-order valence-electron chi connectivity index (χ0n) is 12.9. The SMILES string of the molecule is CCc1sc(C)c(C)c1-c1ccc(Cl)cc1Cn1cnnc1. The highest BCUT2D eigenvalue weighted by Crippen LogP contribution is 2.38. The standard InChI is InChI=1S/C17H18ClN3S/c1-4-16-17(11(2)12(3)22-16)15-6-5-14(18)7-13(15)8-21-9-19-20-10-21/h5-7,9-10H,4,8H2,1-3H3. The van der Waals surface area contributed by atoms with Crippen LogP contribution in [-0.4, -0.2) is 14.8 Å². The van der Waals surface area contributed by atoms with E-state index >= 15 is 0 Å². The largest absolute Gasteiger partial charge is 0.316 e. The molecule has 0 atom stereocenters. The molecule has 3 nitrogen and oxygen atoms in total. The molecule has 0 spiro atoms. The monoisotopic (exact) mass is 331 g/mol. The van der Waals surface area contributed by atoms with Crippen molar-refractivity contribution in [3.05, 3.63) is 56.8 Å². The summed E-state index contributed by atoms with van der Waals surface area (Å²) < 4.78 is 1.97. The fourth-order valence-corrected chi connectivity index (χ4v) is 4.07. The molecule has 2 heterocycles. The fraction of sp³-hybridized carbons (Fsp3) is 0.294. The van der Waals surface area contributed by atoms with Crippen molar-refractivity contribution in [3.8, 4) is 11.1 Å². The molecule has 0 saturated carbocycles. The Morgan fingerprint density at radius 3 is 2.59 bits per heavy atom. The maximum atomic E-state index is 6.23. The van der Waals surface area contributed by atoms with Gasteiger partial charge in [0.05, 0.1) is 6.54 Å². The number of thiophene rings is 1. The Bertz CT molecular complexity index is 791. The third kappa shape index (κ3) is 2.81. The molecule has 22 heavy (non-hydrogen) atoms. The van der Waals surface area contributed by atoms with Gasteiger partial charge in [0.15, 0.2) is 0 Å². The van der Waals surface area contributed by atoms with E-state index in [0.717, 1.165) is 18.0 Å². The minimum Gasteiger partial charge on any atom is -0.316 e. The molecule has 0 aliphatic carbocycles. The van der Waals surface area contributed by atoms with E-state index in [1.807, 2.05) is 28.0 Å². The van der Waals surface area contributed by atoms with Crippen molar-refractivity contribution < 1.29 is 0 Å². The van der Waals surface area contributed by atoms with Gasteiger partial charge in [-0.05, 0) is 54.7 Å². The molecule has 0 unspecified atom stereocenters. The van der Waals surface area contributed by atoms with Gasteiger partial charge in [-0.2, -0.15) is 0 Å². The minimum atomic E-state index is 0.723. The van der Waals surface area contributed by atoms with Crippen LogP contribution in [-0.2, 0) is 13.0 Å². The summed E-state index contributed by atoms with van der Waals surface area (Å²) in [6, 6.07) is 6.15. The lowest BCUT2D eigenvalue weighted by Gasteiger charge is -2.13. The smallest absolute Gasteiger partial charge is 0.119 e. The van der Waals surface area contributed by atoms with Crippen LogP contribution in [0.1, 0.15) is 27.8 Å². The summed E-state index contributed by atoms with van der Waals surface area (Å²) >= 11 is 8.12. The predicted molar refractivity (Wildman–Crippen MR) is 92.7 cm³/mol. The summed E-state index contributed by atoms with van der Waals surface area (Å²) in [5.41, 5.74) is 5.19. The number of hydrogen-bond acceptors (Lipinski definition) is 3. The Balaban J connectivity index is 2.15. The van der Waals surface area contributed by atoms with Crippen molar-refractivity contribution in [1.82, 2.24) is 14.8 Å². The molecule has 0 radical (unpaired) electrons. The first-order chi connectivity index (χ1) is 10.6. The highest BCUT2D eigenvalue weighted by molar-refractivity contribution is 7.12. The molecular formula is C17H18ClN3S. The molecule has 0 fully saturated rings. The van der Waals surface area contributed by atoms with E-state index in [4.69, 9.17) is 11.6 Å². The second kappa shape index (κ2) is 6.23. The predicted octanol–water partition coefficient (Wildman–Crippen LogP) is 4.89. The average Bonchev–Trinajstić information content (AvgIpc) is 3.09. The van der Waals surface area contributed by atoms with E-state index < -0.39 is 0 Å². The lowest BCUT2D eigenvalue weighted by atomic mass is 9.95. The lowest BCUT2D eigenvalue weighted by Crippen LogP contribution is -2.00. The van der Waals surface area contributed by atoms with Crippen molar-refractivity contribution in [3.63, 3.8) is 0 Å². The molecular weight excluding hydrogens is 314 g/mol. The van der Waals surface area contributed by atoms with Crippen LogP contribution in [0.4, 0.5) is 0 Å². The van der Waals surface area contributed by atoms with Gasteiger partial charge < -0.3 is 4.57 Å². The zero-order valence-corrected chi connectivity index (χ0v) is 14.5. The lowest BCUT2D eigenvalue weighted by molar-refractivity contribution is 0.795. The first kappa shape index (κ1) is 15.3. The van der Waals surface area contributed by atoms with Gasteiger partial charge in [0.25, 0.3) is 0 Å². The third-order valence-corrected chi connectivity index (χ3v) is 5.52. The van der Waals surface area contributed by atoms with Gasteiger partial charge in [-0.25, -0.2) is 0 Å². The van der Waals surface area contributed by atoms with Crippen molar-refractivity contribution in [2.75, 3.05) is 0 Å². The van der Waals surface area contributed by atoms with Crippen LogP contribution < -0.4 is 0 Å². The van der Waals surface area contributed by atoms with Crippen LogP contribution >= 0.6 is 22.9 Å². The van der Waals surface area contributed by atoms with E-state index in [1.165, 1.54) is 32.0 Å². The maximum absolute atomic E-state index is 6.23. The van der Waals surface area contributed by atoms with E-state index in [2.05, 4.69) is 37.0 Å². The Morgan fingerprint density at radius 2 is 1.91 bits per heavy atom. The molecule has 0 N–H and O–H groups in total. The third-order valence-electron chi connectivity index (χ3n) is 3.94. The summed E-state index contributed by atoms with van der Waals surface area (Å²) in [4.78, 5) is 2.82. The highest BCUT2D eigenvalue weighted by Gasteiger charge is 2.16. The van der Waals surface area contributed by atoms with Crippen LogP contribution in [0.2, 0.25) is 5.02 Å². The van der Waals surface area contributed by atoms with Gasteiger partial charge in [-0.15, -0.1) is 21.5 Å². The zero-order chi connectivity index (χ0) is 15.7. The van der Waals surface area contributed by atoms with E-state index in [9.17, 15) is 0 Å². The summed E-state index contributed by atoms with van der Waals surface area (Å²) in [7, 11) is 0. The van der Waals surface area contributed by atoms with Crippen LogP contribution in [0.25, 0.3) is 11.1 Å². The van der Waals surface area contributed by atoms with Crippen molar-refractivity contribution >= 4 is 22.9 Å². The molecule has 0 aliphatic rings. The van der Waals surface area contributed by atoms with Crippen LogP contribution in [0.3, 0.4) is 0 Å². The molecule has 3 rings (SSSR count). The maximum Gasteiger partial charge on any atom is 0.119 e. The molecule has 3 aromatic rings. The molecule has 114 valence electrons. The van der Waals surface area contributed by atoms with E-state index in [0.29, 0.717) is 0 Å². The molecule has 0 aliphatic heterocycles. The average molecular weight is 332 g/mol. The summed E-state index contributed by atoms with van der Waals surface area (Å²) in [5.74, 6) is 0. The van der Waals surface area contributed by atoms with Gasteiger partial charge in [0.1, 0.15) is 12.7 Å². The van der Waals surface area contributed by atoms with Crippen LogP contribution in [0, 0.1) is 13.8 Å². The first-order valence-corrected chi connectivity index (χ1v) is 8.49. The minimum absolute atomic E-state index is 0.723. The van der Waals surface area contributed by atoms with E-state index in [1.54, 1.807) is 12.7 Å². The first-order valence-electron chi connectivity index (χ1n) is 7.30. The van der Waals surface area contributed by atoms with Gasteiger partial charge in [-0.1, -0.05) is 24.6 Å². The van der Waals surface area contributed by atoms with Crippen molar-refractivity contribution in [2.45, 2.75) is 33.7 Å². The topological polar surface area (TPSA) is 30.7 Å². The Labute approximate surface area is 139 Å². The van der Waals surface area contributed by atoms with Gasteiger partial charge in [-0.3, -0.25) is 0 Å². The molecule has 5 heteroatoms. The van der Waals surface area contributed by atoms with Crippen molar-refractivity contribution in [1.29, 1.82) is 0 Å². The molecule has 0 amide bonds. The molecule has 2 aromatic heterocycles. The number of nitrogens with zero attached hydrogens (tertiary/aromatic N) is 3. The second-order valence-electron chi connectivity index (χ2n) is 5.37.